The van der Waals surface area contributed by atoms with Crippen molar-refractivity contribution < 1.29 is 10.2 Å². The quantitative estimate of drug-likeness (QED) is 0.626. The van der Waals surface area contributed by atoms with Gasteiger partial charge < -0.3 is 10.2 Å². The van der Waals surface area contributed by atoms with E-state index < -0.39 is 0 Å². The number of aliphatic hydroxyl groups is 1. The fraction of sp³-hybridized carbons (Fsp3) is 0.440. The van der Waals surface area contributed by atoms with E-state index in [1.807, 2.05) is 36.4 Å². The van der Waals surface area contributed by atoms with Crippen LogP contribution in [0.3, 0.4) is 0 Å². The normalized spacial score (nSPS) is 35.3. The lowest BCUT2D eigenvalue weighted by atomic mass is 9.55. The Kier molecular flexibility index (Phi) is 4.33. The third-order valence-electron chi connectivity index (χ3n) is 7.80. The standard InChI is InChI=1S/C25H27ClO2/c1-25-11-10-21-20-9-7-19(27)13-16(20)4-8-22(21)23(25)14-17(24(25)28)12-15-2-5-18(26)6-3-15/h2-3,5-7,9,12-13,21-24,27-28H,4,8,10-11,14H2,1H3/b17-12+/t21-,22+,23+,24+,25-/m1/s1. The number of hydrogen-bond acceptors (Lipinski definition) is 2. The molecular weight excluding hydrogens is 368 g/mol. The van der Waals surface area contributed by atoms with Gasteiger partial charge in [0.05, 0.1) is 6.10 Å². The van der Waals surface area contributed by atoms with Crippen LogP contribution in [-0.2, 0) is 6.42 Å². The number of aromatic hydroxyl groups is 1. The first kappa shape index (κ1) is 18.3. The molecule has 3 aliphatic carbocycles. The summed E-state index contributed by atoms with van der Waals surface area (Å²) in [4.78, 5) is 0. The van der Waals surface area contributed by atoms with Crippen LogP contribution in [0.1, 0.15) is 55.2 Å². The number of rotatable bonds is 1. The summed E-state index contributed by atoms with van der Waals surface area (Å²) >= 11 is 6.02. The zero-order chi connectivity index (χ0) is 19.5. The maximum absolute atomic E-state index is 11.3. The van der Waals surface area contributed by atoms with Gasteiger partial charge in [0, 0.05) is 10.4 Å². The Morgan fingerprint density at radius 1 is 1.11 bits per heavy atom. The van der Waals surface area contributed by atoms with Crippen LogP contribution in [0.5, 0.6) is 5.75 Å². The van der Waals surface area contributed by atoms with E-state index in [4.69, 9.17) is 11.6 Å². The fourth-order valence-electron chi connectivity index (χ4n) is 6.34. The SMILES string of the molecule is C[C@@]12CC[C@@H]3c4ccc(O)cc4CC[C@@H]3[C@@H]1C/C(=C\c1ccc(Cl)cc1)[C@@H]2O. The van der Waals surface area contributed by atoms with Gasteiger partial charge in [0.2, 0.25) is 0 Å². The van der Waals surface area contributed by atoms with E-state index in [1.165, 1.54) is 16.7 Å². The number of halogens is 1. The van der Waals surface area contributed by atoms with Crippen LogP contribution < -0.4 is 0 Å². The second-order valence-corrected chi connectivity index (χ2v) is 9.66. The molecule has 2 aromatic rings. The fourth-order valence-corrected chi connectivity index (χ4v) is 6.47. The van der Waals surface area contributed by atoms with Gasteiger partial charge in [-0.3, -0.25) is 0 Å². The van der Waals surface area contributed by atoms with Crippen LogP contribution in [0.4, 0.5) is 0 Å². The van der Waals surface area contributed by atoms with Gasteiger partial charge in [-0.05, 0) is 96.4 Å². The van der Waals surface area contributed by atoms with Crippen LogP contribution in [-0.4, -0.2) is 16.3 Å². The predicted molar refractivity (Wildman–Crippen MR) is 114 cm³/mol. The number of benzene rings is 2. The summed E-state index contributed by atoms with van der Waals surface area (Å²) < 4.78 is 0. The molecule has 0 heterocycles. The molecule has 0 bridgehead atoms. The van der Waals surface area contributed by atoms with Crippen LogP contribution in [0.2, 0.25) is 5.02 Å². The lowest BCUT2D eigenvalue weighted by Gasteiger charge is -2.49. The van der Waals surface area contributed by atoms with Gasteiger partial charge in [-0.1, -0.05) is 42.8 Å². The first-order chi connectivity index (χ1) is 13.5. The molecule has 0 aliphatic heterocycles. The monoisotopic (exact) mass is 394 g/mol. The number of phenols is 1. The van der Waals surface area contributed by atoms with E-state index >= 15 is 0 Å². The van der Waals surface area contributed by atoms with E-state index in [9.17, 15) is 10.2 Å². The highest BCUT2D eigenvalue weighted by Gasteiger charge is 2.56. The summed E-state index contributed by atoms with van der Waals surface area (Å²) in [5.74, 6) is 2.06. The largest absolute Gasteiger partial charge is 0.508 e. The summed E-state index contributed by atoms with van der Waals surface area (Å²) in [6.45, 7) is 2.30. The molecule has 3 heteroatoms. The van der Waals surface area contributed by atoms with Gasteiger partial charge in [0.25, 0.3) is 0 Å². The van der Waals surface area contributed by atoms with E-state index in [0.717, 1.165) is 42.7 Å². The lowest BCUT2D eigenvalue weighted by molar-refractivity contribution is -0.0158. The van der Waals surface area contributed by atoms with Crippen molar-refractivity contribution in [2.24, 2.45) is 17.3 Å². The van der Waals surface area contributed by atoms with Gasteiger partial charge in [-0.2, -0.15) is 0 Å². The summed E-state index contributed by atoms with van der Waals surface area (Å²) in [7, 11) is 0. The van der Waals surface area contributed by atoms with Gasteiger partial charge in [-0.25, -0.2) is 0 Å². The van der Waals surface area contributed by atoms with Crippen molar-refractivity contribution in [1.82, 2.24) is 0 Å². The summed E-state index contributed by atoms with van der Waals surface area (Å²) in [5.41, 5.74) is 5.00. The molecule has 0 spiro atoms. The average molecular weight is 395 g/mol. The number of aryl methyl sites for hydroxylation is 1. The lowest BCUT2D eigenvalue weighted by Crippen LogP contribution is -2.44. The molecule has 2 nitrogen and oxygen atoms in total. The van der Waals surface area contributed by atoms with Crippen LogP contribution in [0.25, 0.3) is 6.08 Å². The maximum Gasteiger partial charge on any atom is 0.115 e. The van der Waals surface area contributed by atoms with Crippen molar-refractivity contribution in [3.8, 4) is 5.75 Å². The van der Waals surface area contributed by atoms with E-state index in [-0.39, 0.29) is 11.5 Å². The molecule has 2 aromatic carbocycles. The predicted octanol–water partition coefficient (Wildman–Crippen LogP) is 5.96. The first-order valence-corrected chi connectivity index (χ1v) is 10.8. The third-order valence-corrected chi connectivity index (χ3v) is 8.05. The minimum absolute atomic E-state index is 0.0339. The molecular formula is C25H27ClO2. The van der Waals surface area contributed by atoms with E-state index in [2.05, 4.69) is 19.1 Å². The topological polar surface area (TPSA) is 40.5 Å². The Morgan fingerprint density at radius 3 is 2.68 bits per heavy atom. The molecule has 146 valence electrons. The molecule has 5 rings (SSSR count). The zero-order valence-electron chi connectivity index (χ0n) is 16.2. The number of fused-ring (bicyclic) bond motifs is 5. The molecule has 0 saturated heterocycles. The molecule has 28 heavy (non-hydrogen) atoms. The van der Waals surface area contributed by atoms with Gasteiger partial charge >= 0.3 is 0 Å². The molecule has 0 aromatic heterocycles. The van der Waals surface area contributed by atoms with E-state index in [1.54, 1.807) is 0 Å². The molecule has 2 fully saturated rings. The Balaban J connectivity index is 1.47. The summed E-state index contributed by atoms with van der Waals surface area (Å²) in [5, 5.41) is 21.8. The van der Waals surface area contributed by atoms with Crippen molar-refractivity contribution in [3.63, 3.8) is 0 Å². The van der Waals surface area contributed by atoms with Crippen LogP contribution in [0.15, 0.2) is 48.0 Å². The Morgan fingerprint density at radius 2 is 1.89 bits per heavy atom. The molecule has 2 N–H and O–H groups in total. The van der Waals surface area contributed by atoms with Crippen LogP contribution >= 0.6 is 11.6 Å². The highest BCUT2D eigenvalue weighted by Crippen LogP contribution is 2.62. The smallest absolute Gasteiger partial charge is 0.115 e. The molecule has 3 aliphatic rings. The van der Waals surface area contributed by atoms with Gasteiger partial charge in [-0.15, -0.1) is 0 Å². The second kappa shape index (κ2) is 6.64. The Hall–Kier alpha value is -1.77. The van der Waals surface area contributed by atoms with Crippen molar-refractivity contribution in [3.05, 3.63) is 69.8 Å². The van der Waals surface area contributed by atoms with Crippen molar-refractivity contribution >= 4 is 17.7 Å². The van der Waals surface area contributed by atoms with Gasteiger partial charge in [0.15, 0.2) is 0 Å². The van der Waals surface area contributed by atoms with Crippen molar-refractivity contribution in [2.75, 3.05) is 0 Å². The zero-order valence-corrected chi connectivity index (χ0v) is 17.0. The van der Waals surface area contributed by atoms with Crippen LogP contribution in [0, 0.1) is 17.3 Å². The first-order valence-electron chi connectivity index (χ1n) is 10.4. The highest BCUT2D eigenvalue weighted by atomic mass is 35.5. The third kappa shape index (κ3) is 2.81. The molecule has 2 saturated carbocycles. The second-order valence-electron chi connectivity index (χ2n) is 9.22. The summed E-state index contributed by atoms with van der Waals surface area (Å²) in [6, 6.07) is 13.8. The maximum atomic E-state index is 11.3. The van der Waals surface area contributed by atoms with Gasteiger partial charge in [0.1, 0.15) is 5.75 Å². The minimum atomic E-state index is -0.365. The number of phenolic OH excluding ortho intramolecular Hbond substituents is 1. The molecule has 0 amide bonds. The molecule has 5 atom stereocenters. The Bertz CT molecular complexity index is 932. The Labute approximate surface area is 171 Å². The number of aliphatic hydroxyl groups excluding tert-OH is 1. The average Bonchev–Trinajstić information content (AvgIpc) is 2.94. The van der Waals surface area contributed by atoms with Crippen molar-refractivity contribution in [2.45, 2.75) is 51.0 Å². The minimum Gasteiger partial charge on any atom is -0.508 e. The summed E-state index contributed by atoms with van der Waals surface area (Å²) in [6.07, 6.45) is 7.16. The number of hydrogen-bond donors (Lipinski definition) is 2. The highest BCUT2D eigenvalue weighted by molar-refractivity contribution is 6.30. The van der Waals surface area contributed by atoms with Crippen molar-refractivity contribution in [1.29, 1.82) is 0 Å². The molecule has 0 unspecified atom stereocenters. The van der Waals surface area contributed by atoms with E-state index in [0.29, 0.717) is 23.5 Å². The molecule has 0 radical (unpaired) electrons.